The molecule has 2 N–H and O–H groups in total. The molecule has 0 saturated carbocycles. The zero-order valence-corrected chi connectivity index (χ0v) is 15.8. The Morgan fingerprint density at radius 3 is 2.59 bits per heavy atom. The van der Waals surface area contributed by atoms with E-state index in [1.54, 1.807) is 14.0 Å². The summed E-state index contributed by atoms with van der Waals surface area (Å²) in [6.45, 7) is 2.51. The second-order valence-corrected chi connectivity index (χ2v) is 6.38. The monoisotopic (exact) mass is 385 g/mol. The molecule has 3 aromatic carbocycles. The van der Waals surface area contributed by atoms with E-state index in [0.717, 1.165) is 22.1 Å². The Balaban J connectivity index is 1.74. The molecule has 6 heteroatoms. The number of fused-ring (bicyclic) bond motifs is 1. The van der Waals surface area contributed by atoms with E-state index in [-0.39, 0.29) is 22.4 Å². The highest BCUT2D eigenvalue weighted by Gasteiger charge is 2.14. The second-order valence-electron chi connectivity index (χ2n) is 5.97. The zero-order chi connectivity index (χ0) is 19.4. The Hall–Kier alpha value is -2.92. The van der Waals surface area contributed by atoms with Gasteiger partial charge in [0, 0.05) is 12.1 Å². The van der Waals surface area contributed by atoms with E-state index in [0.29, 0.717) is 18.7 Å². The molecule has 0 aliphatic rings. The van der Waals surface area contributed by atoms with Gasteiger partial charge in [-0.25, -0.2) is 0 Å². The van der Waals surface area contributed by atoms with Crippen LogP contribution in [0.3, 0.4) is 0 Å². The third-order valence-electron chi connectivity index (χ3n) is 4.16. The van der Waals surface area contributed by atoms with Crippen molar-refractivity contribution in [3.63, 3.8) is 0 Å². The van der Waals surface area contributed by atoms with E-state index in [9.17, 15) is 9.90 Å². The summed E-state index contributed by atoms with van der Waals surface area (Å²) in [4.78, 5) is 12.5. The maximum absolute atomic E-state index is 12.5. The molecule has 0 fully saturated rings. The Morgan fingerprint density at radius 2 is 1.85 bits per heavy atom. The molecule has 0 radical (unpaired) electrons. The lowest BCUT2D eigenvalue weighted by molar-refractivity contribution is 0.0950. The molecule has 3 aromatic rings. The molecule has 0 aliphatic heterocycles. The number of amides is 1. The summed E-state index contributed by atoms with van der Waals surface area (Å²) in [6.07, 6.45) is 0. The summed E-state index contributed by atoms with van der Waals surface area (Å²) in [5.74, 6) is 0.528. The Kier molecular flexibility index (Phi) is 5.72. The fourth-order valence-electron chi connectivity index (χ4n) is 2.77. The normalized spacial score (nSPS) is 10.6. The minimum Gasteiger partial charge on any atom is -0.503 e. The Labute approximate surface area is 162 Å². The number of nitrogens with one attached hydrogen (secondary N) is 1. The van der Waals surface area contributed by atoms with Gasteiger partial charge in [0.2, 0.25) is 0 Å². The molecule has 0 atom stereocenters. The molecule has 0 aromatic heterocycles. The number of carbonyl (C=O) groups excluding carboxylic acids is 1. The molecular formula is C21H20ClNO4. The van der Waals surface area contributed by atoms with Crippen molar-refractivity contribution in [2.45, 2.75) is 13.5 Å². The molecule has 1 amide bonds. The first-order chi connectivity index (χ1) is 13.0. The van der Waals surface area contributed by atoms with Gasteiger partial charge in [-0.1, -0.05) is 29.8 Å². The lowest BCUT2D eigenvalue weighted by Crippen LogP contribution is -2.22. The van der Waals surface area contributed by atoms with Crippen molar-refractivity contribution < 1.29 is 19.4 Å². The van der Waals surface area contributed by atoms with Crippen molar-refractivity contribution in [3.05, 3.63) is 64.7 Å². The van der Waals surface area contributed by atoms with Gasteiger partial charge in [-0.15, -0.1) is 0 Å². The van der Waals surface area contributed by atoms with Crippen LogP contribution in [0, 0.1) is 0 Å². The summed E-state index contributed by atoms with van der Waals surface area (Å²) in [5.41, 5.74) is 1.29. The Bertz CT molecular complexity index is 987. The number of ether oxygens (including phenoxy) is 2. The number of hydrogen-bond donors (Lipinski definition) is 2. The fraction of sp³-hybridized carbons (Fsp3) is 0.190. The van der Waals surface area contributed by atoms with Crippen LogP contribution in [-0.4, -0.2) is 24.7 Å². The van der Waals surface area contributed by atoms with Gasteiger partial charge >= 0.3 is 0 Å². The van der Waals surface area contributed by atoms with Crippen LogP contribution in [0.1, 0.15) is 22.8 Å². The molecule has 0 aliphatic carbocycles. The molecular weight excluding hydrogens is 366 g/mol. The molecule has 27 heavy (non-hydrogen) atoms. The minimum absolute atomic E-state index is 0.0748. The number of phenolic OH excluding ortho intramolecular Hbond substituents is 1. The van der Waals surface area contributed by atoms with Gasteiger partial charge in [-0.2, -0.15) is 0 Å². The van der Waals surface area contributed by atoms with E-state index in [1.807, 2.05) is 36.4 Å². The third kappa shape index (κ3) is 4.26. The maximum atomic E-state index is 12.5. The highest BCUT2D eigenvalue weighted by Crippen LogP contribution is 2.35. The molecule has 0 bridgehead atoms. The van der Waals surface area contributed by atoms with Crippen molar-refractivity contribution >= 4 is 28.3 Å². The van der Waals surface area contributed by atoms with Gasteiger partial charge in [-0.05, 0) is 53.6 Å². The molecule has 0 saturated heterocycles. The number of carbonyl (C=O) groups is 1. The molecule has 0 heterocycles. The average molecular weight is 386 g/mol. The van der Waals surface area contributed by atoms with E-state index >= 15 is 0 Å². The lowest BCUT2D eigenvalue weighted by atomic mass is 10.1. The van der Waals surface area contributed by atoms with Crippen LogP contribution in [0.2, 0.25) is 5.02 Å². The summed E-state index contributed by atoms with van der Waals surface area (Å²) >= 11 is 5.99. The van der Waals surface area contributed by atoms with E-state index < -0.39 is 0 Å². The van der Waals surface area contributed by atoms with Crippen LogP contribution in [0.5, 0.6) is 17.2 Å². The topological polar surface area (TPSA) is 67.8 Å². The highest BCUT2D eigenvalue weighted by molar-refractivity contribution is 6.32. The SMILES string of the molecule is CCOc1cc(C(=O)NCc2ccc3cc(OC)ccc3c2)cc(Cl)c1O. The quantitative estimate of drug-likeness (QED) is 0.653. The van der Waals surface area contributed by atoms with Gasteiger partial charge in [0.25, 0.3) is 5.91 Å². The van der Waals surface area contributed by atoms with Crippen molar-refractivity contribution in [2.75, 3.05) is 13.7 Å². The highest BCUT2D eigenvalue weighted by atomic mass is 35.5. The number of rotatable bonds is 6. The smallest absolute Gasteiger partial charge is 0.251 e. The van der Waals surface area contributed by atoms with Gasteiger partial charge < -0.3 is 19.9 Å². The summed E-state index contributed by atoms with van der Waals surface area (Å²) in [7, 11) is 1.64. The minimum atomic E-state index is -0.298. The second kappa shape index (κ2) is 8.18. The molecule has 140 valence electrons. The first kappa shape index (κ1) is 18.9. The number of hydrogen-bond acceptors (Lipinski definition) is 4. The van der Waals surface area contributed by atoms with Crippen molar-refractivity contribution in [1.29, 1.82) is 0 Å². The first-order valence-electron chi connectivity index (χ1n) is 8.52. The summed E-state index contributed by atoms with van der Waals surface area (Å²) in [6, 6.07) is 14.7. The average Bonchev–Trinajstić information content (AvgIpc) is 2.69. The number of aromatic hydroxyl groups is 1. The van der Waals surface area contributed by atoms with E-state index in [4.69, 9.17) is 21.1 Å². The van der Waals surface area contributed by atoms with Crippen molar-refractivity contribution in [3.8, 4) is 17.2 Å². The molecule has 0 spiro atoms. The summed E-state index contributed by atoms with van der Waals surface area (Å²) < 4.78 is 10.5. The van der Waals surface area contributed by atoms with Crippen LogP contribution in [0.15, 0.2) is 48.5 Å². The number of halogens is 1. The fourth-order valence-corrected chi connectivity index (χ4v) is 2.98. The van der Waals surface area contributed by atoms with Crippen LogP contribution in [-0.2, 0) is 6.54 Å². The number of phenols is 1. The lowest BCUT2D eigenvalue weighted by Gasteiger charge is -2.11. The predicted molar refractivity (Wildman–Crippen MR) is 106 cm³/mol. The zero-order valence-electron chi connectivity index (χ0n) is 15.1. The van der Waals surface area contributed by atoms with Gasteiger partial charge in [0.15, 0.2) is 11.5 Å². The molecule has 5 nitrogen and oxygen atoms in total. The standard InChI is InChI=1S/C21H20ClNO4/c1-3-27-19-11-16(10-18(22)20(19)24)21(25)23-12-13-4-5-15-9-17(26-2)7-6-14(15)8-13/h4-11,24H,3,12H2,1-2H3,(H,23,25). The largest absolute Gasteiger partial charge is 0.503 e. The summed E-state index contributed by atoms with van der Waals surface area (Å²) in [5, 5.41) is 14.9. The molecule has 3 rings (SSSR count). The van der Waals surface area contributed by atoms with E-state index in [1.165, 1.54) is 12.1 Å². The van der Waals surface area contributed by atoms with Gasteiger partial charge in [0.1, 0.15) is 5.75 Å². The van der Waals surface area contributed by atoms with Crippen LogP contribution >= 0.6 is 11.6 Å². The van der Waals surface area contributed by atoms with Crippen molar-refractivity contribution in [1.82, 2.24) is 5.32 Å². The van der Waals surface area contributed by atoms with Crippen LogP contribution in [0.4, 0.5) is 0 Å². The molecule has 0 unspecified atom stereocenters. The maximum Gasteiger partial charge on any atom is 0.251 e. The van der Waals surface area contributed by atoms with Gasteiger partial charge in [-0.3, -0.25) is 4.79 Å². The first-order valence-corrected chi connectivity index (χ1v) is 8.89. The Morgan fingerprint density at radius 1 is 1.11 bits per heavy atom. The third-order valence-corrected chi connectivity index (χ3v) is 4.44. The number of benzene rings is 3. The number of methoxy groups -OCH3 is 1. The van der Waals surface area contributed by atoms with Gasteiger partial charge in [0.05, 0.1) is 18.7 Å². The van der Waals surface area contributed by atoms with Crippen LogP contribution < -0.4 is 14.8 Å². The van der Waals surface area contributed by atoms with Crippen LogP contribution in [0.25, 0.3) is 10.8 Å². The van der Waals surface area contributed by atoms with E-state index in [2.05, 4.69) is 5.32 Å². The van der Waals surface area contributed by atoms with Crippen molar-refractivity contribution in [2.24, 2.45) is 0 Å². The predicted octanol–water partition coefficient (Wildman–Crippen LogP) is 4.54.